The number of aliphatic carboxylic acids is 2. The van der Waals surface area contributed by atoms with E-state index in [9.17, 15) is 24.6 Å². The number of Topliss-reactive ketones (excluding diaryl/α,β-unsaturated/α-hetero) is 1. The van der Waals surface area contributed by atoms with Gasteiger partial charge in [0.2, 0.25) is 5.78 Å². The van der Waals surface area contributed by atoms with E-state index in [1.165, 1.54) is 12.2 Å². The van der Waals surface area contributed by atoms with Gasteiger partial charge in [-0.25, -0.2) is 9.59 Å². The number of hydrogen-bond acceptors (Lipinski definition) is 3. The van der Waals surface area contributed by atoms with Gasteiger partial charge in [-0.05, 0) is 37.8 Å². The first-order valence-electron chi connectivity index (χ1n) is 7.08. The summed E-state index contributed by atoms with van der Waals surface area (Å²) in [5, 5.41) is 18.7. The Morgan fingerprint density at radius 2 is 1.09 bits per heavy atom. The number of carboxylic acid groups (broad SMARTS) is 2. The second-order valence-electron chi connectivity index (χ2n) is 4.45. The average Bonchev–Trinajstić information content (AvgIpc) is 2.45. The summed E-state index contributed by atoms with van der Waals surface area (Å²) in [5.74, 6) is -3.81. The Labute approximate surface area is 130 Å². The smallest absolute Gasteiger partial charge is 0.339 e. The highest BCUT2D eigenvalue weighted by atomic mass is 16.4. The van der Waals surface area contributed by atoms with Gasteiger partial charge in [-0.15, -0.1) is 0 Å². The van der Waals surface area contributed by atoms with Crippen molar-refractivity contribution in [2.24, 2.45) is 0 Å². The summed E-state index contributed by atoms with van der Waals surface area (Å²) >= 11 is 0. The van der Waals surface area contributed by atoms with Gasteiger partial charge in [-0.1, -0.05) is 38.2 Å². The Hall–Kier alpha value is -2.43. The number of ketones is 1. The van der Waals surface area contributed by atoms with Gasteiger partial charge in [0.15, 0.2) is 0 Å². The number of carboxylic acids is 2. The van der Waals surface area contributed by atoms with E-state index in [2.05, 4.69) is 0 Å². The molecule has 0 amide bonds. The molecule has 0 atom stereocenters. The molecular formula is C17H22O5. The molecule has 0 heterocycles. The summed E-state index contributed by atoms with van der Waals surface area (Å²) in [6, 6.07) is 0. The highest BCUT2D eigenvalue weighted by Gasteiger charge is 2.29. The highest BCUT2D eigenvalue weighted by Crippen LogP contribution is 2.21. The Morgan fingerprint density at radius 3 is 1.27 bits per heavy atom. The topological polar surface area (TPSA) is 91.7 Å². The minimum Gasteiger partial charge on any atom is -0.478 e. The van der Waals surface area contributed by atoms with E-state index in [0.717, 1.165) is 0 Å². The summed E-state index contributed by atoms with van der Waals surface area (Å²) in [6.07, 6.45) is 6.90. The predicted octanol–water partition coefficient (Wildman–Crippen LogP) is 3.29. The minimum atomic E-state index is -1.42. The van der Waals surface area contributed by atoms with Crippen molar-refractivity contribution in [1.82, 2.24) is 0 Å². The van der Waals surface area contributed by atoms with Crippen molar-refractivity contribution < 1.29 is 24.6 Å². The normalized spacial score (nSPS) is 14.0. The maximum Gasteiger partial charge on any atom is 0.339 e. The first kappa shape index (κ1) is 19.6. The second-order valence-corrected chi connectivity index (χ2v) is 4.45. The molecule has 22 heavy (non-hydrogen) atoms. The molecule has 0 unspecified atom stereocenters. The van der Waals surface area contributed by atoms with Crippen LogP contribution in [0.4, 0.5) is 0 Å². The molecule has 0 aliphatic carbocycles. The number of rotatable bonds is 8. The maximum absolute atomic E-state index is 12.5. The lowest BCUT2D eigenvalue weighted by Crippen LogP contribution is -2.22. The molecule has 0 aromatic heterocycles. The summed E-state index contributed by atoms with van der Waals surface area (Å²) in [5.41, 5.74) is -0.383. The minimum absolute atomic E-state index is 0.301. The first-order valence-corrected chi connectivity index (χ1v) is 7.08. The van der Waals surface area contributed by atoms with Gasteiger partial charge in [-0.3, -0.25) is 4.79 Å². The van der Waals surface area contributed by atoms with Crippen LogP contribution in [0.1, 0.15) is 40.5 Å². The molecule has 0 radical (unpaired) electrons. The van der Waals surface area contributed by atoms with Crippen LogP contribution in [0.15, 0.2) is 46.6 Å². The van der Waals surface area contributed by atoms with Crippen molar-refractivity contribution in [3.8, 4) is 0 Å². The molecule has 120 valence electrons. The second kappa shape index (κ2) is 9.50. The van der Waals surface area contributed by atoms with E-state index in [4.69, 9.17) is 0 Å². The summed E-state index contributed by atoms with van der Waals surface area (Å²) in [7, 11) is 0. The van der Waals surface area contributed by atoms with E-state index >= 15 is 0 Å². The molecule has 0 saturated carbocycles. The molecule has 0 aromatic rings. The Morgan fingerprint density at radius 1 is 0.773 bits per heavy atom. The first-order chi connectivity index (χ1) is 10.3. The van der Waals surface area contributed by atoms with Gasteiger partial charge in [0.1, 0.15) is 11.1 Å². The van der Waals surface area contributed by atoms with E-state index in [-0.39, 0.29) is 0 Å². The Kier molecular flexibility index (Phi) is 8.45. The monoisotopic (exact) mass is 306 g/mol. The third-order valence-electron chi connectivity index (χ3n) is 3.02. The maximum atomic E-state index is 12.5. The molecule has 5 heteroatoms. The predicted molar refractivity (Wildman–Crippen MR) is 84.5 cm³/mol. The highest BCUT2D eigenvalue weighted by molar-refractivity contribution is 6.32. The molecule has 0 saturated heterocycles. The van der Waals surface area contributed by atoms with Crippen LogP contribution < -0.4 is 0 Å². The molecule has 0 aliphatic heterocycles. The zero-order chi connectivity index (χ0) is 17.3. The molecule has 2 N–H and O–H groups in total. The summed E-state index contributed by atoms with van der Waals surface area (Å²) < 4.78 is 0. The number of carbonyl (C=O) groups is 3. The van der Waals surface area contributed by atoms with E-state index in [1.807, 2.05) is 0 Å². The van der Waals surface area contributed by atoms with Crippen LogP contribution in [0.25, 0.3) is 0 Å². The van der Waals surface area contributed by atoms with Crippen LogP contribution in [0, 0.1) is 0 Å². The zero-order valence-corrected chi connectivity index (χ0v) is 13.3. The quantitative estimate of drug-likeness (QED) is 0.311. The molecule has 0 spiro atoms. The zero-order valence-electron chi connectivity index (χ0n) is 13.3. The molecule has 0 rings (SSSR count). The Bertz CT molecular complexity index is 524. The summed E-state index contributed by atoms with van der Waals surface area (Å²) in [4.78, 5) is 35.5. The molecular weight excluding hydrogens is 284 g/mol. The van der Waals surface area contributed by atoms with Crippen molar-refractivity contribution in [2.45, 2.75) is 40.5 Å². The van der Waals surface area contributed by atoms with Gasteiger partial charge in [0.05, 0.1) is 0 Å². The van der Waals surface area contributed by atoms with Gasteiger partial charge >= 0.3 is 11.9 Å². The molecule has 5 nitrogen and oxygen atoms in total. The fourth-order valence-corrected chi connectivity index (χ4v) is 2.04. The van der Waals surface area contributed by atoms with Crippen LogP contribution in [0.3, 0.4) is 0 Å². The van der Waals surface area contributed by atoms with Gasteiger partial charge in [-0.2, -0.15) is 0 Å². The van der Waals surface area contributed by atoms with Crippen LogP contribution in [0.2, 0.25) is 0 Å². The standard InChI is InChI=1S/C17H22O5/c1-5-9-11(7-3)13(16(19)20)15(18)14(17(21)22)12(8-4)10-6-2/h5-6,9-10H,7-8H2,1-4H3,(H,19,20)(H,21,22)/b9-5+,10-6+,13-11+,14-12?. The number of allylic oxidation sites excluding steroid dienone is 6. The lowest BCUT2D eigenvalue weighted by Gasteiger charge is -2.10. The fourth-order valence-electron chi connectivity index (χ4n) is 2.04. The largest absolute Gasteiger partial charge is 0.478 e. The van der Waals surface area contributed by atoms with E-state index in [0.29, 0.717) is 24.0 Å². The van der Waals surface area contributed by atoms with Crippen molar-refractivity contribution in [1.29, 1.82) is 0 Å². The van der Waals surface area contributed by atoms with Crippen molar-refractivity contribution in [3.05, 3.63) is 46.6 Å². The molecule has 0 aliphatic rings. The van der Waals surface area contributed by atoms with Crippen LogP contribution in [-0.4, -0.2) is 27.9 Å². The van der Waals surface area contributed by atoms with Gasteiger partial charge in [0.25, 0.3) is 0 Å². The van der Waals surface area contributed by atoms with Gasteiger partial charge < -0.3 is 10.2 Å². The average molecular weight is 306 g/mol. The van der Waals surface area contributed by atoms with Gasteiger partial charge in [0, 0.05) is 0 Å². The van der Waals surface area contributed by atoms with Crippen molar-refractivity contribution >= 4 is 17.7 Å². The lowest BCUT2D eigenvalue weighted by atomic mass is 9.92. The number of carbonyl (C=O) groups excluding carboxylic acids is 1. The Balaban J connectivity index is 6.45. The number of hydrogen-bond donors (Lipinski definition) is 2. The summed E-state index contributed by atoms with van der Waals surface area (Å²) in [6.45, 7) is 6.82. The fraction of sp³-hybridized carbons (Fsp3) is 0.353. The van der Waals surface area contributed by atoms with Crippen molar-refractivity contribution in [2.75, 3.05) is 0 Å². The van der Waals surface area contributed by atoms with Crippen LogP contribution in [0.5, 0.6) is 0 Å². The molecule has 0 bridgehead atoms. The molecule has 0 aromatic carbocycles. The molecule has 0 fully saturated rings. The van der Waals surface area contributed by atoms with Crippen LogP contribution in [-0.2, 0) is 14.4 Å². The van der Waals surface area contributed by atoms with E-state index in [1.54, 1.807) is 39.8 Å². The van der Waals surface area contributed by atoms with Crippen molar-refractivity contribution in [3.63, 3.8) is 0 Å². The van der Waals surface area contributed by atoms with Crippen LogP contribution >= 0.6 is 0 Å². The lowest BCUT2D eigenvalue weighted by molar-refractivity contribution is -0.135. The SMILES string of the molecule is C/C=C/C(CC)=C(C(=O)O)C(=O)/C(C(=O)O)=C(\C=C\C)CC. The van der Waals surface area contributed by atoms with E-state index < -0.39 is 28.9 Å². The third kappa shape index (κ3) is 4.84. The third-order valence-corrected chi connectivity index (χ3v) is 3.02.